The molecule has 1 heterocycles. The Labute approximate surface area is 131 Å². The number of benzene rings is 1. The summed E-state index contributed by atoms with van der Waals surface area (Å²) < 4.78 is 26.9. The van der Waals surface area contributed by atoms with E-state index in [1.165, 1.54) is 4.31 Å². The van der Waals surface area contributed by atoms with Crippen LogP contribution in [0.3, 0.4) is 0 Å². The topological polar surface area (TPSA) is 60.9 Å². The van der Waals surface area contributed by atoms with E-state index in [2.05, 4.69) is 4.90 Å². The number of aliphatic hydroxyl groups excluding tert-OH is 1. The number of rotatable bonds is 4. The van der Waals surface area contributed by atoms with Gasteiger partial charge in [-0.25, -0.2) is 8.42 Å². The standard InChI is InChI=1S/C14H21ClN2O3S/c1-11(18)10-16-6-8-17(9-7-16)21(19,20)14-5-3-4-13(15)12(14)2/h3-5,11,18H,6-10H2,1-2H3/t11-/m1/s1. The highest BCUT2D eigenvalue weighted by atomic mass is 35.5. The maximum absolute atomic E-state index is 12.7. The third-order valence-corrected chi connectivity index (χ3v) is 6.14. The van der Waals surface area contributed by atoms with E-state index in [9.17, 15) is 13.5 Å². The van der Waals surface area contributed by atoms with Gasteiger partial charge in [-0.05, 0) is 31.5 Å². The Morgan fingerprint density at radius 2 is 1.90 bits per heavy atom. The number of halogens is 1. The molecule has 118 valence electrons. The first-order chi connectivity index (χ1) is 9.82. The highest BCUT2D eigenvalue weighted by molar-refractivity contribution is 7.89. The Morgan fingerprint density at radius 1 is 1.29 bits per heavy atom. The molecule has 5 nitrogen and oxygen atoms in total. The molecule has 21 heavy (non-hydrogen) atoms. The van der Waals surface area contributed by atoms with Gasteiger partial charge >= 0.3 is 0 Å². The smallest absolute Gasteiger partial charge is 0.243 e. The largest absolute Gasteiger partial charge is 0.392 e. The zero-order valence-corrected chi connectivity index (χ0v) is 13.9. The van der Waals surface area contributed by atoms with Crippen LogP contribution in [0.1, 0.15) is 12.5 Å². The lowest BCUT2D eigenvalue weighted by Gasteiger charge is -2.34. The van der Waals surface area contributed by atoms with Gasteiger partial charge in [0.2, 0.25) is 10.0 Å². The summed E-state index contributed by atoms with van der Waals surface area (Å²) in [5.41, 5.74) is 0.588. The lowest BCUT2D eigenvalue weighted by molar-refractivity contribution is 0.103. The van der Waals surface area contributed by atoms with Crippen LogP contribution in [0.15, 0.2) is 23.1 Å². The Hall–Kier alpha value is -0.660. The number of aliphatic hydroxyl groups is 1. The molecule has 1 aliphatic heterocycles. The molecule has 1 N–H and O–H groups in total. The molecule has 0 saturated carbocycles. The third-order valence-electron chi connectivity index (χ3n) is 3.69. The molecule has 0 radical (unpaired) electrons. The van der Waals surface area contributed by atoms with Crippen molar-refractivity contribution in [3.8, 4) is 0 Å². The minimum absolute atomic E-state index is 0.277. The number of nitrogens with zero attached hydrogens (tertiary/aromatic N) is 2. The summed E-state index contributed by atoms with van der Waals surface area (Å²) in [6, 6.07) is 4.95. The third kappa shape index (κ3) is 3.76. The fourth-order valence-corrected chi connectivity index (χ4v) is 4.43. The number of hydrogen-bond donors (Lipinski definition) is 1. The van der Waals surface area contributed by atoms with E-state index in [0.717, 1.165) is 0 Å². The van der Waals surface area contributed by atoms with E-state index < -0.39 is 16.1 Å². The maximum atomic E-state index is 12.7. The summed E-state index contributed by atoms with van der Waals surface area (Å²) in [6.07, 6.45) is -0.400. The summed E-state index contributed by atoms with van der Waals surface area (Å²) in [5.74, 6) is 0. The fourth-order valence-electron chi connectivity index (χ4n) is 2.53. The highest BCUT2D eigenvalue weighted by Gasteiger charge is 2.30. The molecule has 1 aromatic carbocycles. The summed E-state index contributed by atoms with van der Waals surface area (Å²) in [7, 11) is -3.51. The predicted molar refractivity (Wildman–Crippen MR) is 83.1 cm³/mol. The maximum Gasteiger partial charge on any atom is 0.243 e. The van der Waals surface area contributed by atoms with Crippen molar-refractivity contribution in [3.05, 3.63) is 28.8 Å². The number of piperazine rings is 1. The molecule has 1 aliphatic rings. The van der Waals surface area contributed by atoms with Crippen LogP contribution in [0.2, 0.25) is 5.02 Å². The molecule has 0 unspecified atom stereocenters. The summed E-state index contributed by atoms with van der Waals surface area (Å²) in [6.45, 7) is 6.15. The first-order valence-corrected chi connectivity index (χ1v) is 8.80. The molecule has 0 amide bonds. The van der Waals surface area contributed by atoms with Crippen molar-refractivity contribution >= 4 is 21.6 Å². The average Bonchev–Trinajstić information content (AvgIpc) is 2.41. The van der Waals surface area contributed by atoms with Crippen molar-refractivity contribution < 1.29 is 13.5 Å². The van der Waals surface area contributed by atoms with Crippen LogP contribution in [0.4, 0.5) is 0 Å². The molecule has 0 spiro atoms. The van der Waals surface area contributed by atoms with Crippen LogP contribution >= 0.6 is 11.6 Å². The number of sulfonamides is 1. The lowest BCUT2D eigenvalue weighted by atomic mass is 10.2. The van der Waals surface area contributed by atoms with Crippen molar-refractivity contribution in [2.24, 2.45) is 0 Å². The van der Waals surface area contributed by atoms with E-state index in [1.807, 2.05) is 0 Å². The minimum Gasteiger partial charge on any atom is -0.392 e. The fraction of sp³-hybridized carbons (Fsp3) is 0.571. The monoisotopic (exact) mass is 332 g/mol. The minimum atomic E-state index is -3.51. The summed E-state index contributed by atoms with van der Waals surface area (Å²) in [4.78, 5) is 2.35. The van der Waals surface area contributed by atoms with Gasteiger partial charge in [0.15, 0.2) is 0 Å². The Kier molecular flexibility index (Phi) is 5.27. The SMILES string of the molecule is Cc1c(Cl)cccc1S(=O)(=O)N1CCN(C[C@@H](C)O)CC1. The van der Waals surface area contributed by atoms with Crippen LogP contribution in [0.25, 0.3) is 0 Å². The second kappa shape index (κ2) is 6.62. The van der Waals surface area contributed by atoms with E-state index in [1.54, 1.807) is 32.0 Å². The Balaban J connectivity index is 2.13. The Morgan fingerprint density at radius 3 is 2.48 bits per heavy atom. The van der Waals surface area contributed by atoms with Crippen LogP contribution in [0.5, 0.6) is 0 Å². The van der Waals surface area contributed by atoms with Gasteiger partial charge < -0.3 is 5.11 Å². The average molecular weight is 333 g/mol. The van der Waals surface area contributed by atoms with Gasteiger partial charge in [-0.3, -0.25) is 4.90 Å². The van der Waals surface area contributed by atoms with Gasteiger partial charge in [-0.2, -0.15) is 4.31 Å². The summed E-state index contributed by atoms with van der Waals surface area (Å²) >= 11 is 6.02. The van der Waals surface area contributed by atoms with Crippen LogP contribution < -0.4 is 0 Å². The molecule has 0 bridgehead atoms. The van der Waals surface area contributed by atoms with E-state index in [-0.39, 0.29) is 4.90 Å². The van der Waals surface area contributed by atoms with Crippen molar-refractivity contribution in [2.75, 3.05) is 32.7 Å². The van der Waals surface area contributed by atoms with Crippen LogP contribution in [0, 0.1) is 6.92 Å². The quantitative estimate of drug-likeness (QED) is 0.903. The predicted octanol–water partition coefficient (Wildman–Crippen LogP) is 1.34. The molecular weight excluding hydrogens is 312 g/mol. The van der Waals surface area contributed by atoms with Gasteiger partial charge in [0.1, 0.15) is 0 Å². The number of hydrogen-bond acceptors (Lipinski definition) is 4. The lowest BCUT2D eigenvalue weighted by Crippen LogP contribution is -2.50. The van der Waals surface area contributed by atoms with Crippen molar-refractivity contribution in [1.82, 2.24) is 9.21 Å². The first-order valence-electron chi connectivity index (χ1n) is 6.98. The molecule has 1 fully saturated rings. The van der Waals surface area contributed by atoms with Crippen molar-refractivity contribution in [3.63, 3.8) is 0 Å². The first kappa shape index (κ1) is 16.7. The zero-order chi connectivity index (χ0) is 15.6. The van der Waals surface area contributed by atoms with Crippen molar-refractivity contribution in [1.29, 1.82) is 0 Å². The number of β-amino-alcohol motifs (C(OH)–C–C–N with tert-alkyl or cyclic N) is 1. The van der Waals surface area contributed by atoms with Gasteiger partial charge in [-0.1, -0.05) is 17.7 Å². The second-order valence-electron chi connectivity index (χ2n) is 5.42. The molecule has 2 rings (SSSR count). The second-order valence-corrected chi connectivity index (χ2v) is 7.73. The van der Waals surface area contributed by atoms with E-state index in [0.29, 0.717) is 43.3 Å². The van der Waals surface area contributed by atoms with Crippen LogP contribution in [-0.4, -0.2) is 61.6 Å². The molecule has 1 saturated heterocycles. The van der Waals surface area contributed by atoms with Gasteiger partial charge in [-0.15, -0.1) is 0 Å². The van der Waals surface area contributed by atoms with Gasteiger partial charge in [0, 0.05) is 37.7 Å². The highest BCUT2D eigenvalue weighted by Crippen LogP contribution is 2.26. The van der Waals surface area contributed by atoms with E-state index >= 15 is 0 Å². The Bertz CT molecular complexity index is 596. The molecule has 1 aromatic rings. The molecule has 1 atom stereocenters. The summed E-state index contributed by atoms with van der Waals surface area (Å²) in [5, 5.41) is 9.85. The molecule has 7 heteroatoms. The molecular formula is C14H21ClN2O3S. The van der Waals surface area contributed by atoms with Gasteiger partial charge in [0.05, 0.1) is 11.0 Å². The zero-order valence-electron chi connectivity index (χ0n) is 12.3. The molecule has 0 aromatic heterocycles. The molecule has 0 aliphatic carbocycles. The van der Waals surface area contributed by atoms with Crippen LogP contribution in [-0.2, 0) is 10.0 Å². The van der Waals surface area contributed by atoms with E-state index in [4.69, 9.17) is 11.6 Å². The normalized spacial score (nSPS) is 19.6. The van der Waals surface area contributed by atoms with Crippen molar-refractivity contribution in [2.45, 2.75) is 24.8 Å². The van der Waals surface area contributed by atoms with Gasteiger partial charge in [0.25, 0.3) is 0 Å².